The zero-order chi connectivity index (χ0) is 11.8. The van der Waals surface area contributed by atoms with Crippen LogP contribution in [0.4, 0.5) is 0 Å². The van der Waals surface area contributed by atoms with Crippen molar-refractivity contribution in [2.24, 2.45) is 0 Å². The van der Waals surface area contributed by atoms with Crippen LogP contribution in [0.15, 0.2) is 16.5 Å². The van der Waals surface area contributed by atoms with Gasteiger partial charge >= 0.3 is 0 Å². The predicted molar refractivity (Wildman–Crippen MR) is 62.3 cm³/mol. The van der Waals surface area contributed by atoms with Gasteiger partial charge in [-0.3, -0.25) is 0 Å². The van der Waals surface area contributed by atoms with Gasteiger partial charge in [0.05, 0.1) is 0 Å². The van der Waals surface area contributed by atoms with Crippen LogP contribution in [-0.2, 0) is 13.0 Å². The SMILES string of the molecule is Cc1ccc(-c2nc3n(c2C#N)CCCC3)o1. The first kappa shape index (κ1) is 10.2. The second-order valence-corrected chi connectivity index (χ2v) is 4.36. The van der Waals surface area contributed by atoms with Crippen molar-refractivity contribution in [3.63, 3.8) is 0 Å². The minimum Gasteiger partial charge on any atom is -0.460 e. The van der Waals surface area contributed by atoms with Crippen molar-refractivity contribution in [1.29, 1.82) is 5.26 Å². The Labute approximate surface area is 99.5 Å². The van der Waals surface area contributed by atoms with Gasteiger partial charge in [-0.15, -0.1) is 0 Å². The Morgan fingerprint density at radius 3 is 3.00 bits per heavy atom. The number of nitrogens with zero attached hydrogens (tertiary/aromatic N) is 3. The molecule has 0 radical (unpaired) electrons. The second-order valence-electron chi connectivity index (χ2n) is 4.36. The Bertz CT molecular complexity index is 601. The number of aryl methyl sites for hydroxylation is 2. The van der Waals surface area contributed by atoms with Crippen LogP contribution in [0.3, 0.4) is 0 Å². The Morgan fingerprint density at radius 2 is 2.29 bits per heavy atom. The fourth-order valence-electron chi connectivity index (χ4n) is 2.33. The van der Waals surface area contributed by atoms with Gasteiger partial charge in [0.1, 0.15) is 23.3 Å². The minimum absolute atomic E-state index is 0.633. The topological polar surface area (TPSA) is 54.8 Å². The van der Waals surface area contributed by atoms with E-state index in [4.69, 9.17) is 4.42 Å². The monoisotopic (exact) mass is 227 g/mol. The Kier molecular flexibility index (Phi) is 2.25. The summed E-state index contributed by atoms with van der Waals surface area (Å²) in [5.74, 6) is 2.55. The maximum Gasteiger partial charge on any atom is 0.155 e. The molecule has 4 heteroatoms. The lowest BCUT2D eigenvalue weighted by atomic mass is 10.1. The first-order chi connectivity index (χ1) is 8.29. The van der Waals surface area contributed by atoms with E-state index in [1.807, 2.05) is 23.6 Å². The largest absolute Gasteiger partial charge is 0.460 e. The van der Waals surface area contributed by atoms with Gasteiger partial charge in [-0.25, -0.2) is 4.98 Å². The number of furan rings is 1. The molecule has 17 heavy (non-hydrogen) atoms. The van der Waals surface area contributed by atoms with E-state index >= 15 is 0 Å². The Morgan fingerprint density at radius 1 is 1.41 bits per heavy atom. The maximum absolute atomic E-state index is 9.28. The summed E-state index contributed by atoms with van der Waals surface area (Å²) in [6.45, 7) is 2.79. The van der Waals surface area contributed by atoms with Gasteiger partial charge in [0.25, 0.3) is 0 Å². The van der Waals surface area contributed by atoms with Crippen LogP contribution in [-0.4, -0.2) is 9.55 Å². The number of hydrogen-bond donors (Lipinski definition) is 0. The van der Waals surface area contributed by atoms with E-state index in [0.29, 0.717) is 17.1 Å². The van der Waals surface area contributed by atoms with Crippen molar-refractivity contribution in [2.75, 3.05) is 0 Å². The van der Waals surface area contributed by atoms with Gasteiger partial charge in [-0.05, 0) is 31.9 Å². The number of hydrogen-bond acceptors (Lipinski definition) is 3. The average molecular weight is 227 g/mol. The molecule has 2 aromatic heterocycles. The van der Waals surface area contributed by atoms with E-state index < -0.39 is 0 Å². The highest BCUT2D eigenvalue weighted by Crippen LogP contribution is 2.28. The molecule has 0 unspecified atom stereocenters. The molecule has 3 heterocycles. The molecule has 0 bridgehead atoms. The fraction of sp³-hybridized carbons (Fsp3) is 0.385. The van der Waals surface area contributed by atoms with Crippen LogP contribution in [0, 0.1) is 18.3 Å². The molecule has 4 nitrogen and oxygen atoms in total. The molecule has 0 aromatic carbocycles. The molecular weight excluding hydrogens is 214 g/mol. The van der Waals surface area contributed by atoms with Gasteiger partial charge in [0.15, 0.2) is 11.5 Å². The molecular formula is C13H13N3O. The third-order valence-electron chi connectivity index (χ3n) is 3.16. The lowest BCUT2D eigenvalue weighted by molar-refractivity contribution is 0.519. The molecule has 0 saturated carbocycles. The van der Waals surface area contributed by atoms with Crippen LogP contribution < -0.4 is 0 Å². The van der Waals surface area contributed by atoms with E-state index in [2.05, 4.69) is 11.1 Å². The zero-order valence-electron chi connectivity index (χ0n) is 9.73. The highest BCUT2D eigenvalue weighted by molar-refractivity contribution is 5.60. The molecule has 0 N–H and O–H groups in total. The van der Waals surface area contributed by atoms with Crippen LogP contribution in [0.25, 0.3) is 11.5 Å². The molecule has 0 fully saturated rings. The standard InChI is InChI=1S/C13H13N3O/c1-9-5-6-11(17-9)13-10(8-14)16-7-3-2-4-12(16)15-13/h5-6H,2-4,7H2,1H3. The van der Waals surface area contributed by atoms with Crippen LogP contribution in [0.1, 0.15) is 30.1 Å². The molecule has 0 spiro atoms. The third-order valence-corrected chi connectivity index (χ3v) is 3.16. The minimum atomic E-state index is 0.633. The Hall–Kier alpha value is -2.02. The highest BCUT2D eigenvalue weighted by atomic mass is 16.3. The van der Waals surface area contributed by atoms with Gasteiger partial charge in [0, 0.05) is 13.0 Å². The molecule has 86 valence electrons. The van der Waals surface area contributed by atoms with E-state index in [0.717, 1.165) is 37.4 Å². The molecule has 0 atom stereocenters. The first-order valence-electron chi connectivity index (χ1n) is 5.86. The van der Waals surface area contributed by atoms with Crippen molar-refractivity contribution in [3.8, 4) is 17.5 Å². The maximum atomic E-state index is 9.28. The third kappa shape index (κ3) is 1.55. The average Bonchev–Trinajstić information content (AvgIpc) is 2.91. The lowest BCUT2D eigenvalue weighted by Crippen LogP contribution is -2.11. The summed E-state index contributed by atoms with van der Waals surface area (Å²) in [6.07, 6.45) is 3.22. The number of fused-ring (bicyclic) bond motifs is 1. The van der Waals surface area contributed by atoms with E-state index in [1.54, 1.807) is 0 Å². The van der Waals surface area contributed by atoms with Crippen molar-refractivity contribution < 1.29 is 4.42 Å². The number of nitriles is 1. The summed E-state index contributed by atoms with van der Waals surface area (Å²) in [4.78, 5) is 4.55. The molecule has 0 saturated heterocycles. The van der Waals surface area contributed by atoms with E-state index in [9.17, 15) is 5.26 Å². The zero-order valence-corrected chi connectivity index (χ0v) is 9.73. The summed E-state index contributed by atoms with van der Waals surface area (Å²) >= 11 is 0. The fourth-order valence-corrected chi connectivity index (χ4v) is 2.33. The number of aromatic nitrogens is 2. The van der Waals surface area contributed by atoms with E-state index in [1.165, 1.54) is 0 Å². The van der Waals surface area contributed by atoms with E-state index in [-0.39, 0.29) is 0 Å². The molecule has 0 amide bonds. The molecule has 1 aliphatic rings. The molecule has 3 rings (SSSR count). The summed E-state index contributed by atoms with van der Waals surface area (Å²) in [5.41, 5.74) is 1.33. The quantitative estimate of drug-likeness (QED) is 0.752. The number of imidazole rings is 1. The van der Waals surface area contributed by atoms with Gasteiger partial charge < -0.3 is 8.98 Å². The summed E-state index contributed by atoms with van der Waals surface area (Å²) in [5, 5.41) is 9.28. The predicted octanol–water partition coefficient (Wildman–Crippen LogP) is 2.66. The van der Waals surface area contributed by atoms with Crippen LogP contribution in [0.5, 0.6) is 0 Å². The van der Waals surface area contributed by atoms with Crippen molar-refractivity contribution in [2.45, 2.75) is 32.7 Å². The van der Waals surface area contributed by atoms with Crippen molar-refractivity contribution in [3.05, 3.63) is 29.4 Å². The molecule has 0 aliphatic carbocycles. The van der Waals surface area contributed by atoms with Gasteiger partial charge in [-0.1, -0.05) is 0 Å². The first-order valence-corrected chi connectivity index (χ1v) is 5.86. The van der Waals surface area contributed by atoms with Crippen molar-refractivity contribution in [1.82, 2.24) is 9.55 Å². The van der Waals surface area contributed by atoms with Crippen molar-refractivity contribution >= 4 is 0 Å². The van der Waals surface area contributed by atoms with Crippen LogP contribution in [0.2, 0.25) is 0 Å². The van der Waals surface area contributed by atoms with Gasteiger partial charge in [-0.2, -0.15) is 5.26 Å². The summed E-state index contributed by atoms with van der Waals surface area (Å²) < 4.78 is 7.59. The Balaban J connectivity index is 2.17. The second kappa shape index (κ2) is 3.77. The normalized spacial score (nSPS) is 14.4. The van der Waals surface area contributed by atoms with Crippen LogP contribution >= 0.6 is 0 Å². The highest BCUT2D eigenvalue weighted by Gasteiger charge is 2.22. The van der Waals surface area contributed by atoms with Gasteiger partial charge in [0.2, 0.25) is 0 Å². The lowest BCUT2D eigenvalue weighted by Gasteiger charge is -2.13. The summed E-state index contributed by atoms with van der Waals surface area (Å²) in [7, 11) is 0. The summed E-state index contributed by atoms with van der Waals surface area (Å²) in [6, 6.07) is 6.03. The number of rotatable bonds is 1. The smallest absolute Gasteiger partial charge is 0.155 e. The molecule has 2 aromatic rings. The molecule has 1 aliphatic heterocycles.